The van der Waals surface area contributed by atoms with E-state index in [-0.39, 0.29) is 22.6 Å². The minimum atomic E-state index is -0.521. The lowest BCUT2D eigenvalue weighted by molar-refractivity contribution is -0.909. The molecule has 0 saturated carbocycles. The van der Waals surface area contributed by atoms with Crippen LogP contribution in [0.1, 0.15) is 17.2 Å². The van der Waals surface area contributed by atoms with Gasteiger partial charge in [-0.2, -0.15) is 0 Å². The number of nitrogens with one attached hydrogen (secondary N) is 2. The minimum Gasteiger partial charge on any atom is -0.370 e. The van der Waals surface area contributed by atoms with Crippen LogP contribution in [0.5, 0.6) is 0 Å². The molecule has 7 heteroatoms. The molecule has 1 aliphatic heterocycles. The highest BCUT2D eigenvalue weighted by molar-refractivity contribution is 8.00. The van der Waals surface area contributed by atoms with Crippen LogP contribution in [0.2, 0.25) is 0 Å². The highest BCUT2D eigenvalue weighted by atomic mass is 32.2. The summed E-state index contributed by atoms with van der Waals surface area (Å²) in [6, 6.07) is 11.2. The second-order valence-corrected chi connectivity index (χ2v) is 7.98. The maximum atomic E-state index is 13.8. The molecule has 28 heavy (non-hydrogen) atoms. The first-order valence-electron chi connectivity index (χ1n) is 9.36. The van der Waals surface area contributed by atoms with Gasteiger partial charge in [0.05, 0.1) is 19.0 Å². The van der Waals surface area contributed by atoms with Crippen molar-refractivity contribution in [3.05, 3.63) is 65.2 Å². The van der Waals surface area contributed by atoms with Crippen LogP contribution < -0.4 is 10.2 Å². The van der Waals surface area contributed by atoms with E-state index in [9.17, 15) is 13.6 Å². The van der Waals surface area contributed by atoms with Crippen LogP contribution in [0.25, 0.3) is 0 Å². The number of thioether (sulfide) groups is 1. The third-order valence-electron chi connectivity index (χ3n) is 4.76. The fraction of sp³-hybridized carbons (Fsp3) is 0.381. The molecule has 0 radical (unpaired) electrons. The standard InChI is InChI=1S/C21H24F2N2O2S/c1-15-2-4-16(5-3-15)19(13-25-8-10-27-11-9-25)24-21(26)14-28-20-12-17(22)6-7-18(20)23/h2-7,12,19H,8-11,13-14H2,1H3,(H,24,26)/p+1/t19-/m0/s1. The lowest BCUT2D eigenvalue weighted by Crippen LogP contribution is -3.14. The van der Waals surface area contributed by atoms with Gasteiger partial charge in [0.25, 0.3) is 0 Å². The summed E-state index contributed by atoms with van der Waals surface area (Å²) in [6.45, 7) is 6.03. The molecule has 1 saturated heterocycles. The highest BCUT2D eigenvalue weighted by Gasteiger charge is 2.23. The van der Waals surface area contributed by atoms with E-state index in [4.69, 9.17) is 4.74 Å². The molecule has 2 aromatic rings. The molecule has 0 aromatic heterocycles. The summed E-state index contributed by atoms with van der Waals surface area (Å²) >= 11 is 1.00. The summed E-state index contributed by atoms with van der Waals surface area (Å²) in [7, 11) is 0. The van der Waals surface area contributed by atoms with Gasteiger partial charge in [-0.15, -0.1) is 11.8 Å². The number of amides is 1. The number of aryl methyl sites for hydroxylation is 1. The van der Waals surface area contributed by atoms with Crippen molar-refractivity contribution >= 4 is 17.7 Å². The van der Waals surface area contributed by atoms with Gasteiger partial charge in [0.2, 0.25) is 5.91 Å². The average Bonchev–Trinajstić information content (AvgIpc) is 2.69. The van der Waals surface area contributed by atoms with Crippen LogP contribution in [-0.2, 0) is 9.53 Å². The number of halogens is 2. The normalized spacial score (nSPS) is 16.0. The van der Waals surface area contributed by atoms with E-state index in [1.165, 1.54) is 4.90 Å². The van der Waals surface area contributed by atoms with Gasteiger partial charge < -0.3 is 15.0 Å². The van der Waals surface area contributed by atoms with Crippen molar-refractivity contribution in [2.24, 2.45) is 0 Å². The Balaban J connectivity index is 1.64. The van der Waals surface area contributed by atoms with Gasteiger partial charge in [-0.3, -0.25) is 4.79 Å². The van der Waals surface area contributed by atoms with Gasteiger partial charge in [0.1, 0.15) is 37.3 Å². The topological polar surface area (TPSA) is 42.8 Å². The first-order chi connectivity index (χ1) is 13.5. The van der Waals surface area contributed by atoms with Crippen LogP contribution in [0.15, 0.2) is 47.4 Å². The summed E-state index contributed by atoms with van der Waals surface area (Å²) in [5.41, 5.74) is 2.20. The predicted octanol–water partition coefficient (Wildman–Crippen LogP) is 2.14. The van der Waals surface area contributed by atoms with E-state index in [1.54, 1.807) is 0 Å². The van der Waals surface area contributed by atoms with E-state index in [0.29, 0.717) is 0 Å². The molecule has 3 rings (SSSR count). The van der Waals surface area contributed by atoms with E-state index in [2.05, 4.69) is 5.32 Å². The Labute approximate surface area is 168 Å². The maximum Gasteiger partial charge on any atom is 0.231 e. The number of hydrogen-bond donors (Lipinski definition) is 2. The van der Waals surface area contributed by atoms with Gasteiger partial charge >= 0.3 is 0 Å². The Hall–Kier alpha value is -1.96. The Morgan fingerprint density at radius 2 is 1.89 bits per heavy atom. The Bertz CT molecular complexity index is 795. The molecule has 4 nitrogen and oxygen atoms in total. The zero-order valence-electron chi connectivity index (χ0n) is 15.8. The van der Waals surface area contributed by atoms with Crippen LogP contribution in [-0.4, -0.2) is 44.5 Å². The van der Waals surface area contributed by atoms with E-state index in [1.807, 2.05) is 31.2 Å². The summed E-state index contributed by atoms with van der Waals surface area (Å²) < 4.78 is 32.5. The van der Waals surface area contributed by atoms with Gasteiger partial charge in [0, 0.05) is 4.90 Å². The van der Waals surface area contributed by atoms with Crippen molar-refractivity contribution in [1.82, 2.24) is 5.32 Å². The molecule has 0 aliphatic carbocycles. The lowest BCUT2D eigenvalue weighted by Gasteiger charge is -2.28. The van der Waals surface area contributed by atoms with E-state index >= 15 is 0 Å². The molecule has 1 fully saturated rings. The van der Waals surface area contributed by atoms with E-state index < -0.39 is 11.6 Å². The predicted molar refractivity (Wildman–Crippen MR) is 106 cm³/mol. The minimum absolute atomic E-state index is 0.0289. The van der Waals surface area contributed by atoms with Crippen molar-refractivity contribution in [2.75, 3.05) is 38.6 Å². The maximum absolute atomic E-state index is 13.8. The van der Waals surface area contributed by atoms with Crippen LogP contribution in [0.4, 0.5) is 8.78 Å². The van der Waals surface area contributed by atoms with E-state index in [0.717, 1.165) is 73.9 Å². The van der Waals surface area contributed by atoms with Crippen molar-refractivity contribution < 1.29 is 23.2 Å². The number of ether oxygens (including phenoxy) is 1. The van der Waals surface area contributed by atoms with Gasteiger partial charge in [-0.05, 0) is 30.7 Å². The molecule has 0 bridgehead atoms. The van der Waals surface area contributed by atoms with Crippen molar-refractivity contribution in [3.8, 4) is 0 Å². The molecule has 1 heterocycles. The average molecular weight is 408 g/mol. The molecular formula is C21H25F2N2O2S+. The fourth-order valence-electron chi connectivity index (χ4n) is 3.17. The summed E-state index contributed by atoms with van der Waals surface area (Å²) in [4.78, 5) is 14.0. The van der Waals surface area contributed by atoms with Crippen molar-refractivity contribution in [2.45, 2.75) is 17.9 Å². The molecule has 2 aromatic carbocycles. The summed E-state index contributed by atoms with van der Waals surface area (Å²) in [5.74, 6) is -1.21. The second kappa shape index (κ2) is 10.0. The molecule has 1 atom stereocenters. The Morgan fingerprint density at radius 1 is 1.18 bits per heavy atom. The summed E-state index contributed by atoms with van der Waals surface area (Å²) in [5, 5.41) is 3.07. The number of rotatable bonds is 7. The molecule has 1 aliphatic rings. The van der Waals surface area contributed by atoms with Crippen molar-refractivity contribution in [1.29, 1.82) is 0 Å². The molecule has 150 valence electrons. The molecule has 2 N–H and O–H groups in total. The molecular weight excluding hydrogens is 382 g/mol. The molecule has 0 unspecified atom stereocenters. The monoisotopic (exact) mass is 407 g/mol. The van der Waals surface area contributed by atoms with Gasteiger partial charge in [-0.25, -0.2) is 8.78 Å². The smallest absolute Gasteiger partial charge is 0.231 e. The second-order valence-electron chi connectivity index (χ2n) is 6.96. The van der Waals surface area contributed by atoms with Crippen LogP contribution >= 0.6 is 11.8 Å². The van der Waals surface area contributed by atoms with Crippen LogP contribution in [0, 0.1) is 18.6 Å². The number of carbonyl (C=O) groups is 1. The number of carbonyl (C=O) groups excluding carboxylic acids is 1. The van der Waals surface area contributed by atoms with Crippen molar-refractivity contribution in [3.63, 3.8) is 0 Å². The first-order valence-corrected chi connectivity index (χ1v) is 10.3. The third-order valence-corrected chi connectivity index (χ3v) is 5.79. The lowest BCUT2D eigenvalue weighted by atomic mass is 10.0. The molecule has 0 spiro atoms. The first kappa shape index (κ1) is 20.8. The van der Waals surface area contributed by atoms with Gasteiger partial charge in [0.15, 0.2) is 0 Å². The zero-order valence-corrected chi connectivity index (χ0v) is 16.7. The summed E-state index contributed by atoms with van der Waals surface area (Å²) in [6.07, 6.45) is 0. The highest BCUT2D eigenvalue weighted by Crippen LogP contribution is 2.23. The third kappa shape index (κ3) is 6.02. The number of morpholine rings is 1. The SMILES string of the molecule is Cc1ccc([C@H](C[NH+]2CCOCC2)NC(=O)CSc2cc(F)ccc2F)cc1. The molecule has 1 amide bonds. The largest absolute Gasteiger partial charge is 0.370 e. The quantitative estimate of drug-likeness (QED) is 0.691. The van der Waals surface area contributed by atoms with Crippen LogP contribution in [0.3, 0.4) is 0 Å². The Morgan fingerprint density at radius 3 is 2.61 bits per heavy atom. The number of hydrogen-bond acceptors (Lipinski definition) is 3. The van der Waals surface area contributed by atoms with Gasteiger partial charge in [-0.1, -0.05) is 29.8 Å². The number of benzene rings is 2. The fourth-order valence-corrected chi connectivity index (χ4v) is 3.94. The zero-order chi connectivity index (χ0) is 19.9. The Kier molecular flexibility index (Phi) is 7.42. The number of quaternary nitrogens is 1.